The molecular weight excluding hydrogens is 298 g/mol. The normalized spacial score (nSPS) is 12.2. The fourth-order valence-electron chi connectivity index (χ4n) is 2.21. The van der Waals surface area contributed by atoms with Crippen molar-refractivity contribution in [1.29, 1.82) is 0 Å². The van der Waals surface area contributed by atoms with Crippen LogP contribution in [-0.2, 0) is 13.2 Å². The zero-order chi connectivity index (χ0) is 15.9. The molecule has 0 aromatic heterocycles. The number of aryl methyl sites for hydroxylation is 1. The van der Waals surface area contributed by atoms with Crippen molar-refractivity contribution in [3.63, 3.8) is 0 Å². The monoisotopic (exact) mass is 319 g/mol. The molecule has 0 radical (unpaired) electrons. The summed E-state index contributed by atoms with van der Waals surface area (Å²) in [5.41, 5.74) is 3.34. The number of ether oxygens (including phenoxy) is 1. The van der Waals surface area contributed by atoms with Crippen molar-refractivity contribution in [2.45, 2.75) is 33.1 Å². The predicted octanol–water partition coefficient (Wildman–Crippen LogP) is 3.70. The van der Waals surface area contributed by atoms with Crippen molar-refractivity contribution >= 4 is 11.6 Å². The van der Waals surface area contributed by atoms with Crippen LogP contribution in [0, 0.1) is 6.92 Å². The van der Waals surface area contributed by atoms with Crippen LogP contribution in [0.4, 0.5) is 0 Å². The van der Waals surface area contributed by atoms with Crippen LogP contribution in [0.2, 0.25) is 5.02 Å². The Kier molecular flexibility index (Phi) is 6.25. The first-order valence-electron chi connectivity index (χ1n) is 7.40. The summed E-state index contributed by atoms with van der Waals surface area (Å²) < 4.78 is 5.93. The molecule has 0 saturated carbocycles. The van der Waals surface area contributed by atoms with Crippen molar-refractivity contribution in [2.75, 3.05) is 6.54 Å². The predicted molar refractivity (Wildman–Crippen MR) is 90.4 cm³/mol. The summed E-state index contributed by atoms with van der Waals surface area (Å²) >= 11 is 6.06. The molecule has 3 nitrogen and oxygen atoms in total. The summed E-state index contributed by atoms with van der Waals surface area (Å²) in [6.07, 6.45) is -0.379. The first-order chi connectivity index (χ1) is 10.5. The SMILES string of the molecule is Cc1cccc(COc2ccc(Cl)cc2CNC[C@@H](C)O)c1. The van der Waals surface area contributed by atoms with Crippen molar-refractivity contribution in [3.8, 4) is 5.75 Å². The highest BCUT2D eigenvalue weighted by molar-refractivity contribution is 6.30. The minimum Gasteiger partial charge on any atom is -0.489 e. The molecule has 1 atom stereocenters. The first kappa shape index (κ1) is 16.8. The van der Waals surface area contributed by atoms with E-state index in [0.29, 0.717) is 24.7 Å². The maximum atomic E-state index is 9.31. The fraction of sp³-hybridized carbons (Fsp3) is 0.333. The lowest BCUT2D eigenvalue weighted by Crippen LogP contribution is -2.24. The molecule has 2 aromatic rings. The standard InChI is InChI=1S/C18H22ClNO2/c1-13-4-3-5-15(8-13)12-22-18-7-6-17(19)9-16(18)11-20-10-14(2)21/h3-9,14,20-21H,10-12H2,1-2H3/t14-/m1/s1. The maximum absolute atomic E-state index is 9.31. The van der Waals surface area contributed by atoms with E-state index in [1.165, 1.54) is 5.56 Å². The molecule has 4 heteroatoms. The molecule has 0 amide bonds. The summed E-state index contributed by atoms with van der Waals surface area (Å²) in [6, 6.07) is 13.9. The Hall–Kier alpha value is -1.55. The number of hydrogen-bond donors (Lipinski definition) is 2. The third-order valence-electron chi connectivity index (χ3n) is 3.25. The largest absolute Gasteiger partial charge is 0.489 e. The minimum absolute atomic E-state index is 0.379. The zero-order valence-corrected chi connectivity index (χ0v) is 13.7. The highest BCUT2D eigenvalue weighted by atomic mass is 35.5. The Bertz CT molecular complexity index is 614. The molecule has 2 N–H and O–H groups in total. The maximum Gasteiger partial charge on any atom is 0.124 e. The molecule has 0 aliphatic rings. The molecule has 0 aliphatic carbocycles. The van der Waals surface area contributed by atoms with E-state index in [-0.39, 0.29) is 6.10 Å². The van der Waals surface area contributed by atoms with Crippen LogP contribution >= 0.6 is 11.6 Å². The highest BCUT2D eigenvalue weighted by Gasteiger charge is 2.06. The molecule has 0 heterocycles. The topological polar surface area (TPSA) is 41.5 Å². The molecule has 0 unspecified atom stereocenters. The van der Waals surface area contributed by atoms with Crippen LogP contribution in [0.5, 0.6) is 5.75 Å². The van der Waals surface area contributed by atoms with E-state index in [1.807, 2.05) is 30.3 Å². The molecule has 0 aliphatic heterocycles. The van der Waals surface area contributed by atoms with E-state index in [4.69, 9.17) is 16.3 Å². The van der Waals surface area contributed by atoms with Crippen LogP contribution < -0.4 is 10.1 Å². The second kappa shape index (κ2) is 8.18. The van der Waals surface area contributed by atoms with Crippen LogP contribution in [0.15, 0.2) is 42.5 Å². The minimum atomic E-state index is -0.379. The number of halogens is 1. The summed E-state index contributed by atoms with van der Waals surface area (Å²) in [4.78, 5) is 0. The van der Waals surface area contributed by atoms with Gasteiger partial charge in [0.15, 0.2) is 0 Å². The van der Waals surface area contributed by atoms with Crippen molar-refractivity contribution in [2.24, 2.45) is 0 Å². The van der Waals surface area contributed by atoms with Gasteiger partial charge in [-0.3, -0.25) is 0 Å². The average molecular weight is 320 g/mol. The second-order valence-electron chi connectivity index (χ2n) is 5.51. The Balaban J connectivity index is 2.03. The van der Waals surface area contributed by atoms with Gasteiger partial charge >= 0.3 is 0 Å². The van der Waals surface area contributed by atoms with Gasteiger partial charge < -0.3 is 15.2 Å². The smallest absolute Gasteiger partial charge is 0.124 e. The van der Waals surface area contributed by atoms with Crippen LogP contribution in [-0.4, -0.2) is 17.8 Å². The third-order valence-corrected chi connectivity index (χ3v) is 3.49. The van der Waals surface area contributed by atoms with Gasteiger partial charge in [-0.1, -0.05) is 41.4 Å². The lowest BCUT2D eigenvalue weighted by Gasteiger charge is -2.14. The number of aliphatic hydroxyl groups is 1. The molecule has 0 bridgehead atoms. The van der Waals surface area contributed by atoms with Crippen LogP contribution in [0.25, 0.3) is 0 Å². The van der Waals surface area contributed by atoms with E-state index >= 15 is 0 Å². The first-order valence-corrected chi connectivity index (χ1v) is 7.78. The quantitative estimate of drug-likeness (QED) is 0.817. The Labute approximate surface area is 136 Å². The van der Waals surface area contributed by atoms with Gasteiger partial charge in [-0.2, -0.15) is 0 Å². The van der Waals surface area contributed by atoms with E-state index in [9.17, 15) is 5.11 Å². The summed E-state index contributed by atoms with van der Waals surface area (Å²) in [7, 11) is 0. The molecule has 22 heavy (non-hydrogen) atoms. The van der Waals surface area contributed by atoms with E-state index < -0.39 is 0 Å². The summed E-state index contributed by atoms with van der Waals surface area (Å²) in [5.74, 6) is 0.809. The summed E-state index contributed by atoms with van der Waals surface area (Å²) in [6.45, 7) is 5.47. The van der Waals surface area contributed by atoms with Crippen molar-refractivity contribution < 1.29 is 9.84 Å². The Morgan fingerprint density at radius 2 is 2.05 bits per heavy atom. The van der Waals surface area contributed by atoms with Gasteiger partial charge in [-0.05, 0) is 37.6 Å². The number of aliphatic hydroxyl groups excluding tert-OH is 1. The zero-order valence-electron chi connectivity index (χ0n) is 13.0. The van der Waals surface area contributed by atoms with Gasteiger partial charge in [-0.25, -0.2) is 0 Å². The third kappa shape index (κ3) is 5.34. The summed E-state index contributed by atoms with van der Waals surface area (Å²) in [5, 5.41) is 13.2. The highest BCUT2D eigenvalue weighted by Crippen LogP contribution is 2.24. The average Bonchev–Trinajstić information content (AvgIpc) is 2.46. The van der Waals surface area contributed by atoms with Gasteiger partial charge in [-0.15, -0.1) is 0 Å². The van der Waals surface area contributed by atoms with Gasteiger partial charge in [0.2, 0.25) is 0 Å². The molecule has 0 spiro atoms. The molecule has 2 rings (SSSR count). The number of rotatable bonds is 7. The van der Waals surface area contributed by atoms with E-state index in [2.05, 4.69) is 24.4 Å². The number of nitrogens with one attached hydrogen (secondary N) is 1. The molecular formula is C18H22ClNO2. The number of benzene rings is 2. The second-order valence-corrected chi connectivity index (χ2v) is 5.95. The van der Waals surface area contributed by atoms with E-state index in [1.54, 1.807) is 6.92 Å². The van der Waals surface area contributed by atoms with Gasteiger partial charge in [0.25, 0.3) is 0 Å². The lowest BCUT2D eigenvalue weighted by atomic mass is 10.1. The van der Waals surface area contributed by atoms with Crippen molar-refractivity contribution in [3.05, 3.63) is 64.2 Å². The molecule has 0 fully saturated rings. The van der Waals surface area contributed by atoms with Crippen LogP contribution in [0.3, 0.4) is 0 Å². The Morgan fingerprint density at radius 1 is 1.23 bits per heavy atom. The number of hydrogen-bond acceptors (Lipinski definition) is 3. The van der Waals surface area contributed by atoms with Crippen LogP contribution in [0.1, 0.15) is 23.6 Å². The van der Waals surface area contributed by atoms with Gasteiger partial charge in [0.05, 0.1) is 6.10 Å². The Morgan fingerprint density at radius 3 is 2.77 bits per heavy atom. The molecule has 2 aromatic carbocycles. The van der Waals surface area contributed by atoms with Gasteiger partial charge in [0.1, 0.15) is 12.4 Å². The van der Waals surface area contributed by atoms with Crippen molar-refractivity contribution in [1.82, 2.24) is 5.32 Å². The molecule has 118 valence electrons. The molecule has 0 saturated heterocycles. The van der Waals surface area contributed by atoms with E-state index in [0.717, 1.165) is 16.9 Å². The van der Waals surface area contributed by atoms with Gasteiger partial charge in [0, 0.05) is 23.7 Å². The lowest BCUT2D eigenvalue weighted by molar-refractivity contribution is 0.190. The fourth-order valence-corrected chi connectivity index (χ4v) is 2.40.